The van der Waals surface area contributed by atoms with Gasteiger partial charge >= 0.3 is 0 Å². The number of rotatable bonds is 6. The summed E-state index contributed by atoms with van der Waals surface area (Å²) in [4.78, 5) is 26.9. The number of halogens is 2. The van der Waals surface area contributed by atoms with Gasteiger partial charge in [0.25, 0.3) is 11.1 Å². The molecule has 1 heterocycles. The van der Waals surface area contributed by atoms with E-state index in [2.05, 4.69) is 15.9 Å². The number of ether oxygens (including phenoxy) is 2. The number of thioether (sulfide) groups is 1. The van der Waals surface area contributed by atoms with Crippen LogP contribution in [0, 0.1) is 0 Å². The Balaban J connectivity index is 1.59. The Kier molecular flexibility index (Phi) is 6.89. The molecule has 0 saturated carbocycles. The van der Waals surface area contributed by atoms with Crippen molar-refractivity contribution in [3.8, 4) is 11.5 Å². The van der Waals surface area contributed by atoms with Crippen LogP contribution >= 0.6 is 39.3 Å². The van der Waals surface area contributed by atoms with Crippen molar-refractivity contribution in [2.75, 3.05) is 12.0 Å². The number of imide groups is 1. The average molecular weight is 531 g/mol. The van der Waals surface area contributed by atoms with Crippen LogP contribution < -0.4 is 14.4 Å². The van der Waals surface area contributed by atoms with Crippen LogP contribution in [0.1, 0.15) is 11.1 Å². The molecular weight excluding hydrogens is 514 g/mol. The molecule has 8 heteroatoms. The fourth-order valence-corrected chi connectivity index (χ4v) is 4.57. The molecule has 32 heavy (non-hydrogen) atoms. The van der Waals surface area contributed by atoms with E-state index in [-0.39, 0.29) is 5.24 Å². The highest BCUT2D eigenvalue weighted by Crippen LogP contribution is 2.40. The monoisotopic (exact) mass is 529 g/mol. The molecule has 0 unspecified atom stereocenters. The highest BCUT2D eigenvalue weighted by molar-refractivity contribution is 9.10. The standard InChI is InChI=1S/C24H17BrClNO4S/c1-30-20-10-16(19(25)13-21(20)31-14-15-6-3-2-4-7-15)11-22-23(28)27(24(29)32-22)18-9-5-8-17(26)12-18/h2-13H,14H2,1H3/b22-11+. The van der Waals surface area contributed by atoms with Gasteiger partial charge in [0.1, 0.15) is 6.61 Å². The fraction of sp³-hybridized carbons (Fsp3) is 0.0833. The summed E-state index contributed by atoms with van der Waals surface area (Å²) in [5, 5.41) is 0.0681. The van der Waals surface area contributed by atoms with Gasteiger partial charge in [-0.25, -0.2) is 4.90 Å². The van der Waals surface area contributed by atoms with Gasteiger partial charge in [0.05, 0.1) is 17.7 Å². The van der Waals surface area contributed by atoms with Crippen molar-refractivity contribution in [2.45, 2.75) is 6.61 Å². The van der Waals surface area contributed by atoms with Crippen LogP contribution in [-0.2, 0) is 11.4 Å². The Morgan fingerprint density at radius 2 is 1.81 bits per heavy atom. The first-order chi connectivity index (χ1) is 15.5. The predicted molar refractivity (Wildman–Crippen MR) is 131 cm³/mol. The van der Waals surface area contributed by atoms with Crippen molar-refractivity contribution in [1.82, 2.24) is 0 Å². The molecule has 1 fully saturated rings. The number of benzene rings is 3. The van der Waals surface area contributed by atoms with Gasteiger partial charge in [-0.2, -0.15) is 0 Å². The molecule has 162 valence electrons. The molecule has 0 atom stereocenters. The second-order valence-corrected chi connectivity index (χ2v) is 9.08. The lowest BCUT2D eigenvalue weighted by atomic mass is 10.1. The van der Waals surface area contributed by atoms with Crippen molar-refractivity contribution < 1.29 is 19.1 Å². The maximum absolute atomic E-state index is 12.9. The van der Waals surface area contributed by atoms with Gasteiger partial charge in [-0.3, -0.25) is 9.59 Å². The average Bonchev–Trinajstić information content (AvgIpc) is 3.07. The number of carbonyl (C=O) groups is 2. The van der Waals surface area contributed by atoms with E-state index in [9.17, 15) is 9.59 Å². The zero-order valence-corrected chi connectivity index (χ0v) is 20.0. The van der Waals surface area contributed by atoms with Crippen LogP contribution in [0.3, 0.4) is 0 Å². The van der Waals surface area contributed by atoms with E-state index < -0.39 is 5.91 Å². The number of hydrogen-bond donors (Lipinski definition) is 0. The van der Waals surface area contributed by atoms with Crippen molar-refractivity contribution in [3.63, 3.8) is 0 Å². The minimum atomic E-state index is -0.405. The van der Waals surface area contributed by atoms with E-state index in [1.807, 2.05) is 30.3 Å². The molecule has 3 aromatic carbocycles. The van der Waals surface area contributed by atoms with E-state index in [1.165, 1.54) is 0 Å². The topological polar surface area (TPSA) is 55.8 Å². The summed E-state index contributed by atoms with van der Waals surface area (Å²) < 4.78 is 12.1. The third-order valence-corrected chi connectivity index (χ3v) is 6.46. The van der Waals surface area contributed by atoms with E-state index in [0.29, 0.717) is 43.8 Å². The smallest absolute Gasteiger partial charge is 0.298 e. The molecule has 0 spiro atoms. The number of amides is 2. The van der Waals surface area contributed by atoms with Crippen molar-refractivity contribution in [3.05, 3.63) is 92.3 Å². The molecule has 0 bridgehead atoms. The van der Waals surface area contributed by atoms with E-state index in [1.54, 1.807) is 49.6 Å². The van der Waals surface area contributed by atoms with Crippen LogP contribution in [0.2, 0.25) is 5.02 Å². The number of hydrogen-bond acceptors (Lipinski definition) is 5. The maximum atomic E-state index is 12.9. The first kappa shape index (κ1) is 22.5. The largest absolute Gasteiger partial charge is 0.493 e. The Bertz CT molecular complexity index is 1220. The minimum absolute atomic E-state index is 0.302. The number of anilines is 1. The van der Waals surface area contributed by atoms with Crippen LogP contribution in [0.4, 0.5) is 10.5 Å². The number of nitrogens with zero attached hydrogens (tertiary/aromatic N) is 1. The van der Waals surface area contributed by atoms with Gasteiger partial charge in [0.2, 0.25) is 0 Å². The first-order valence-corrected chi connectivity index (χ1v) is 11.5. The second-order valence-electron chi connectivity index (χ2n) is 6.80. The molecule has 2 amide bonds. The Labute approximate surface area is 203 Å². The van der Waals surface area contributed by atoms with Crippen LogP contribution in [-0.4, -0.2) is 18.3 Å². The van der Waals surface area contributed by atoms with Gasteiger partial charge in [0, 0.05) is 9.50 Å². The van der Waals surface area contributed by atoms with Crippen molar-refractivity contribution >= 4 is 62.2 Å². The summed E-state index contributed by atoms with van der Waals surface area (Å²) in [7, 11) is 1.55. The third kappa shape index (κ3) is 4.85. The number of carbonyl (C=O) groups excluding carboxylic acids is 2. The second kappa shape index (κ2) is 9.81. The quantitative estimate of drug-likeness (QED) is 0.323. The van der Waals surface area contributed by atoms with Crippen molar-refractivity contribution in [2.24, 2.45) is 0 Å². The lowest BCUT2D eigenvalue weighted by Gasteiger charge is -2.13. The summed E-state index contributed by atoms with van der Waals surface area (Å²) in [6, 6.07) is 20.0. The van der Waals surface area contributed by atoms with Gasteiger partial charge < -0.3 is 9.47 Å². The molecule has 1 saturated heterocycles. The molecule has 0 aromatic heterocycles. The highest BCUT2D eigenvalue weighted by atomic mass is 79.9. The molecule has 1 aliphatic rings. The van der Waals surface area contributed by atoms with Gasteiger partial charge in [-0.1, -0.05) is 63.9 Å². The first-order valence-electron chi connectivity index (χ1n) is 9.54. The predicted octanol–water partition coefficient (Wildman–Crippen LogP) is 6.93. The lowest BCUT2D eigenvalue weighted by Crippen LogP contribution is -2.27. The van der Waals surface area contributed by atoms with E-state index in [0.717, 1.165) is 22.2 Å². The Morgan fingerprint density at radius 1 is 1.03 bits per heavy atom. The zero-order valence-electron chi connectivity index (χ0n) is 16.9. The summed E-state index contributed by atoms with van der Waals surface area (Å²) in [6.45, 7) is 0.390. The third-order valence-electron chi connectivity index (χ3n) is 4.67. The van der Waals surface area contributed by atoms with Gasteiger partial charge in [-0.15, -0.1) is 0 Å². The maximum Gasteiger partial charge on any atom is 0.298 e. The zero-order chi connectivity index (χ0) is 22.7. The fourth-order valence-electron chi connectivity index (χ4n) is 3.12. The molecule has 3 aromatic rings. The van der Waals surface area contributed by atoms with Crippen LogP contribution in [0.5, 0.6) is 11.5 Å². The Morgan fingerprint density at radius 3 is 2.53 bits per heavy atom. The highest BCUT2D eigenvalue weighted by Gasteiger charge is 2.36. The van der Waals surface area contributed by atoms with Crippen LogP contribution in [0.25, 0.3) is 6.08 Å². The molecule has 0 N–H and O–H groups in total. The normalized spacial score (nSPS) is 14.8. The van der Waals surface area contributed by atoms with Crippen molar-refractivity contribution in [1.29, 1.82) is 0 Å². The SMILES string of the molecule is COc1cc(/C=C2/SC(=O)N(c3cccc(Cl)c3)C2=O)c(Br)cc1OCc1ccccc1. The summed E-state index contributed by atoms with van der Waals surface area (Å²) in [6.07, 6.45) is 1.66. The molecular formula is C24H17BrClNO4S. The molecule has 5 nitrogen and oxygen atoms in total. The van der Waals surface area contributed by atoms with E-state index >= 15 is 0 Å². The molecule has 0 aliphatic carbocycles. The molecule has 0 radical (unpaired) electrons. The molecule has 4 rings (SSSR count). The number of methoxy groups -OCH3 is 1. The van der Waals surface area contributed by atoms with Gasteiger partial charge in [0.15, 0.2) is 11.5 Å². The molecule has 1 aliphatic heterocycles. The van der Waals surface area contributed by atoms with E-state index in [4.69, 9.17) is 21.1 Å². The summed E-state index contributed by atoms with van der Waals surface area (Å²) in [5.41, 5.74) is 2.15. The Hall–Kier alpha value is -2.74. The minimum Gasteiger partial charge on any atom is -0.493 e. The van der Waals surface area contributed by atoms with Gasteiger partial charge in [-0.05, 0) is 59.3 Å². The summed E-state index contributed by atoms with van der Waals surface area (Å²) >= 11 is 10.4. The lowest BCUT2D eigenvalue weighted by molar-refractivity contribution is -0.113. The summed E-state index contributed by atoms with van der Waals surface area (Å²) in [5.74, 6) is 0.675. The van der Waals surface area contributed by atoms with Crippen LogP contribution in [0.15, 0.2) is 76.1 Å².